The lowest BCUT2D eigenvalue weighted by atomic mass is 9.99. The number of nitrogens with one attached hydrogen (secondary N) is 1. The van der Waals surface area contributed by atoms with E-state index in [0.717, 1.165) is 24.1 Å². The van der Waals surface area contributed by atoms with Gasteiger partial charge < -0.3 is 10.4 Å². The molecule has 2 rings (SSSR count). The maximum atomic E-state index is 12.0. The Labute approximate surface area is 141 Å². The summed E-state index contributed by atoms with van der Waals surface area (Å²) in [6.45, 7) is 4.64. The first-order valence-electron chi connectivity index (χ1n) is 8.18. The second-order valence-electron chi connectivity index (χ2n) is 5.78. The lowest BCUT2D eigenvalue weighted by Crippen LogP contribution is -2.25. The molecule has 0 aliphatic carbocycles. The average Bonchev–Trinajstić information content (AvgIpc) is 3.08. The molecule has 0 aliphatic heterocycles. The van der Waals surface area contributed by atoms with Crippen molar-refractivity contribution in [2.75, 3.05) is 0 Å². The van der Waals surface area contributed by atoms with Crippen molar-refractivity contribution in [1.82, 2.24) is 15.1 Å². The predicted octanol–water partition coefficient (Wildman–Crippen LogP) is 3.01. The predicted molar refractivity (Wildman–Crippen MR) is 91.1 cm³/mol. The second kappa shape index (κ2) is 8.29. The first kappa shape index (κ1) is 17.7. The molecule has 0 aliphatic rings. The number of carboxylic acids is 1. The van der Waals surface area contributed by atoms with Crippen molar-refractivity contribution in [1.29, 1.82) is 0 Å². The summed E-state index contributed by atoms with van der Waals surface area (Å²) in [5.74, 6) is -0.574. The summed E-state index contributed by atoms with van der Waals surface area (Å²) < 4.78 is 1.51. The van der Waals surface area contributed by atoms with Crippen molar-refractivity contribution in [2.24, 2.45) is 5.92 Å². The van der Waals surface area contributed by atoms with E-state index in [1.165, 1.54) is 10.7 Å². The summed E-state index contributed by atoms with van der Waals surface area (Å²) in [6.07, 6.45) is 4.16. The molecule has 24 heavy (non-hydrogen) atoms. The first-order valence-corrected chi connectivity index (χ1v) is 8.18. The average molecular weight is 329 g/mol. The lowest BCUT2D eigenvalue weighted by Gasteiger charge is -2.12. The molecule has 0 spiro atoms. The molecule has 2 N–H and O–H groups in total. The number of nitrogens with zero attached hydrogens (tertiary/aromatic N) is 2. The highest BCUT2D eigenvalue weighted by molar-refractivity contribution is 5.85. The Morgan fingerprint density at radius 2 is 2.00 bits per heavy atom. The Morgan fingerprint density at radius 3 is 2.62 bits per heavy atom. The number of carbonyl (C=O) groups excluding carboxylic acids is 1. The van der Waals surface area contributed by atoms with Gasteiger partial charge in [-0.3, -0.25) is 4.79 Å². The Kier molecular flexibility index (Phi) is 6.12. The molecule has 6 heteroatoms. The number of hydrogen-bond donors (Lipinski definition) is 2. The van der Waals surface area contributed by atoms with Gasteiger partial charge in [-0.15, -0.1) is 0 Å². The van der Waals surface area contributed by atoms with E-state index in [1.54, 1.807) is 6.20 Å². The fraction of sp³-hybridized carbons (Fsp3) is 0.389. The van der Waals surface area contributed by atoms with Gasteiger partial charge in [0.25, 0.3) is 0 Å². The standard InChI is InChI=1S/C18H23N3O3/c1-3-13(4-2)11-17(22)19-12-14-6-5-7-15(10-14)21-9-8-16(20-21)18(23)24/h5-10,13H,3-4,11-12H2,1-2H3,(H,19,22)(H,23,24). The molecule has 128 valence electrons. The van der Waals surface area contributed by atoms with Gasteiger partial charge in [0.1, 0.15) is 0 Å². The number of carbonyl (C=O) groups is 2. The van der Waals surface area contributed by atoms with E-state index in [2.05, 4.69) is 24.3 Å². The van der Waals surface area contributed by atoms with Crippen molar-refractivity contribution < 1.29 is 14.7 Å². The molecule has 2 aromatic rings. The fourth-order valence-corrected chi connectivity index (χ4v) is 2.50. The van der Waals surface area contributed by atoms with Crippen molar-refractivity contribution in [3.63, 3.8) is 0 Å². The minimum Gasteiger partial charge on any atom is -0.476 e. The molecule has 0 fully saturated rings. The Balaban J connectivity index is 2.00. The van der Waals surface area contributed by atoms with E-state index in [9.17, 15) is 9.59 Å². The Hall–Kier alpha value is -2.63. The molecular weight excluding hydrogens is 306 g/mol. The van der Waals surface area contributed by atoms with E-state index in [1.807, 2.05) is 24.3 Å². The third kappa shape index (κ3) is 4.68. The van der Waals surface area contributed by atoms with Crippen LogP contribution in [0.25, 0.3) is 5.69 Å². The molecule has 0 saturated carbocycles. The minimum atomic E-state index is -1.06. The van der Waals surface area contributed by atoms with Crippen LogP contribution in [-0.4, -0.2) is 26.8 Å². The van der Waals surface area contributed by atoms with Crippen molar-refractivity contribution >= 4 is 11.9 Å². The van der Waals surface area contributed by atoms with E-state index < -0.39 is 5.97 Å². The van der Waals surface area contributed by atoms with Crippen LogP contribution in [0, 0.1) is 5.92 Å². The van der Waals surface area contributed by atoms with Gasteiger partial charge in [0.2, 0.25) is 5.91 Å². The summed E-state index contributed by atoms with van der Waals surface area (Å²) in [4.78, 5) is 22.9. The van der Waals surface area contributed by atoms with Crippen molar-refractivity contribution in [3.05, 3.63) is 47.8 Å². The molecule has 0 radical (unpaired) electrons. The van der Waals surface area contributed by atoms with Gasteiger partial charge in [-0.1, -0.05) is 38.8 Å². The number of rotatable bonds is 8. The first-order chi connectivity index (χ1) is 11.5. The quantitative estimate of drug-likeness (QED) is 0.780. The van der Waals surface area contributed by atoms with Crippen LogP contribution in [0.1, 0.15) is 49.2 Å². The van der Waals surface area contributed by atoms with E-state index in [-0.39, 0.29) is 11.6 Å². The highest BCUT2D eigenvalue weighted by Crippen LogP contribution is 2.13. The van der Waals surface area contributed by atoms with Crippen molar-refractivity contribution in [3.8, 4) is 5.69 Å². The molecule has 1 aromatic heterocycles. The summed E-state index contributed by atoms with van der Waals surface area (Å²) in [6, 6.07) is 8.96. The number of benzene rings is 1. The van der Waals surface area contributed by atoms with Crippen LogP contribution in [0.3, 0.4) is 0 Å². The summed E-state index contributed by atoms with van der Waals surface area (Å²) in [5.41, 5.74) is 1.70. The van der Waals surface area contributed by atoms with Crippen LogP contribution in [0.15, 0.2) is 36.5 Å². The Morgan fingerprint density at radius 1 is 1.25 bits per heavy atom. The normalized spacial score (nSPS) is 10.8. The number of hydrogen-bond acceptors (Lipinski definition) is 3. The van der Waals surface area contributed by atoms with Crippen LogP contribution < -0.4 is 5.32 Å². The highest BCUT2D eigenvalue weighted by Gasteiger charge is 2.11. The highest BCUT2D eigenvalue weighted by atomic mass is 16.4. The molecule has 1 amide bonds. The van der Waals surface area contributed by atoms with Crippen LogP contribution >= 0.6 is 0 Å². The van der Waals surface area contributed by atoms with Crippen LogP contribution in [-0.2, 0) is 11.3 Å². The summed E-state index contributed by atoms with van der Waals surface area (Å²) in [7, 11) is 0. The SMILES string of the molecule is CCC(CC)CC(=O)NCc1cccc(-n2ccc(C(=O)O)n2)c1. The van der Waals surface area contributed by atoms with Gasteiger partial charge in [-0.2, -0.15) is 5.10 Å². The van der Waals surface area contributed by atoms with Gasteiger partial charge in [-0.05, 0) is 29.7 Å². The third-order valence-corrected chi connectivity index (χ3v) is 4.10. The monoisotopic (exact) mass is 329 g/mol. The maximum absolute atomic E-state index is 12.0. The van der Waals surface area contributed by atoms with Gasteiger partial charge in [0.05, 0.1) is 5.69 Å². The van der Waals surface area contributed by atoms with Gasteiger partial charge in [0.15, 0.2) is 5.69 Å². The summed E-state index contributed by atoms with van der Waals surface area (Å²) >= 11 is 0. The van der Waals surface area contributed by atoms with E-state index in [0.29, 0.717) is 18.9 Å². The molecule has 1 heterocycles. The zero-order valence-corrected chi connectivity index (χ0v) is 14.0. The molecule has 6 nitrogen and oxygen atoms in total. The molecule has 0 bridgehead atoms. The van der Waals surface area contributed by atoms with Crippen molar-refractivity contribution in [2.45, 2.75) is 39.7 Å². The summed E-state index contributed by atoms with van der Waals surface area (Å²) in [5, 5.41) is 15.9. The number of amides is 1. The number of aromatic nitrogens is 2. The molecule has 1 aromatic carbocycles. The minimum absolute atomic E-state index is 0.00104. The van der Waals surface area contributed by atoms with Gasteiger partial charge in [-0.25, -0.2) is 9.48 Å². The Bertz CT molecular complexity index is 705. The molecule has 0 atom stereocenters. The molecular formula is C18H23N3O3. The van der Waals surface area contributed by atoms with Crippen LogP contribution in [0.2, 0.25) is 0 Å². The smallest absolute Gasteiger partial charge is 0.356 e. The maximum Gasteiger partial charge on any atom is 0.356 e. The molecule has 0 unspecified atom stereocenters. The topological polar surface area (TPSA) is 84.2 Å². The number of carboxylic acid groups (broad SMARTS) is 1. The van der Waals surface area contributed by atoms with E-state index in [4.69, 9.17) is 5.11 Å². The number of aromatic carboxylic acids is 1. The third-order valence-electron chi connectivity index (χ3n) is 4.10. The van der Waals surface area contributed by atoms with E-state index >= 15 is 0 Å². The second-order valence-corrected chi connectivity index (χ2v) is 5.78. The fourth-order valence-electron chi connectivity index (χ4n) is 2.50. The molecule has 0 saturated heterocycles. The lowest BCUT2D eigenvalue weighted by molar-refractivity contribution is -0.122. The van der Waals surface area contributed by atoms with Gasteiger partial charge in [0, 0.05) is 19.2 Å². The van der Waals surface area contributed by atoms with Crippen LogP contribution in [0.5, 0.6) is 0 Å². The van der Waals surface area contributed by atoms with Crippen LogP contribution in [0.4, 0.5) is 0 Å². The zero-order chi connectivity index (χ0) is 17.5. The largest absolute Gasteiger partial charge is 0.476 e. The zero-order valence-electron chi connectivity index (χ0n) is 14.0. The van der Waals surface area contributed by atoms with Gasteiger partial charge >= 0.3 is 5.97 Å².